The predicted molar refractivity (Wildman–Crippen MR) is 77.9 cm³/mol. The van der Waals surface area contributed by atoms with Crippen LogP contribution in [0.25, 0.3) is 0 Å². The van der Waals surface area contributed by atoms with E-state index in [0.717, 1.165) is 19.4 Å². The number of ether oxygens (including phenoxy) is 1. The maximum atomic E-state index is 11.5. The van der Waals surface area contributed by atoms with E-state index in [1.165, 1.54) is 33.0 Å². The number of nitrogens with zero attached hydrogens (tertiary/aromatic N) is 1. The van der Waals surface area contributed by atoms with Crippen LogP contribution in [0, 0.1) is 5.41 Å². The van der Waals surface area contributed by atoms with Gasteiger partial charge in [0.1, 0.15) is 5.54 Å². The van der Waals surface area contributed by atoms with E-state index in [0.29, 0.717) is 11.8 Å². The van der Waals surface area contributed by atoms with E-state index in [4.69, 9.17) is 10.5 Å². The van der Waals surface area contributed by atoms with Crippen molar-refractivity contribution in [2.45, 2.75) is 58.4 Å². The number of methoxy groups -OCH3 is 1. The lowest BCUT2D eigenvalue weighted by atomic mass is 9.84. The third-order valence-corrected chi connectivity index (χ3v) is 4.05. The van der Waals surface area contributed by atoms with Crippen molar-refractivity contribution in [2.24, 2.45) is 11.1 Å². The van der Waals surface area contributed by atoms with Crippen LogP contribution in [0.5, 0.6) is 0 Å². The standard InChI is InChI=1S/C15H30N2O2/c1-14(2)8-7-11-17(12-14)10-6-5-9-15(3,16)13(18)19-4/h5-12,16H2,1-4H3. The number of carbonyl (C=O) groups is 1. The summed E-state index contributed by atoms with van der Waals surface area (Å²) >= 11 is 0. The molecule has 0 aromatic carbocycles. The van der Waals surface area contributed by atoms with Gasteiger partial charge in [-0.05, 0) is 57.5 Å². The number of hydrogen-bond donors (Lipinski definition) is 1. The Hall–Kier alpha value is -0.610. The quantitative estimate of drug-likeness (QED) is 0.593. The minimum Gasteiger partial charge on any atom is -0.468 e. The molecule has 1 atom stereocenters. The molecule has 0 spiro atoms. The molecular formula is C15H30N2O2. The number of likely N-dealkylation sites (tertiary alicyclic amines) is 1. The van der Waals surface area contributed by atoms with Crippen LogP contribution in [0.15, 0.2) is 0 Å². The van der Waals surface area contributed by atoms with Crippen molar-refractivity contribution in [3.05, 3.63) is 0 Å². The molecule has 4 nitrogen and oxygen atoms in total. The first-order valence-corrected chi connectivity index (χ1v) is 7.36. The van der Waals surface area contributed by atoms with E-state index in [-0.39, 0.29) is 5.97 Å². The van der Waals surface area contributed by atoms with E-state index >= 15 is 0 Å². The maximum Gasteiger partial charge on any atom is 0.325 e. The van der Waals surface area contributed by atoms with Crippen LogP contribution in [0.2, 0.25) is 0 Å². The first-order valence-electron chi connectivity index (χ1n) is 7.36. The molecule has 112 valence electrons. The molecule has 1 aliphatic heterocycles. The number of piperidine rings is 1. The lowest BCUT2D eigenvalue weighted by Gasteiger charge is -2.38. The number of esters is 1. The van der Waals surface area contributed by atoms with Gasteiger partial charge in [0.25, 0.3) is 0 Å². The van der Waals surface area contributed by atoms with Gasteiger partial charge in [-0.2, -0.15) is 0 Å². The lowest BCUT2D eigenvalue weighted by molar-refractivity contribution is -0.146. The van der Waals surface area contributed by atoms with Gasteiger partial charge in [0.05, 0.1) is 7.11 Å². The van der Waals surface area contributed by atoms with E-state index in [1.807, 2.05) is 0 Å². The summed E-state index contributed by atoms with van der Waals surface area (Å²) in [4.78, 5) is 14.0. The van der Waals surface area contributed by atoms with Crippen LogP contribution in [0.1, 0.15) is 52.9 Å². The highest BCUT2D eigenvalue weighted by molar-refractivity contribution is 5.79. The third kappa shape index (κ3) is 5.49. The zero-order valence-electron chi connectivity index (χ0n) is 13.0. The normalized spacial score (nSPS) is 22.8. The Balaban J connectivity index is 2.22. The molecule has 0 radical (unpaired) electrons. The lowest BCUT2D eigenvalue weighted by Crippen LogP contribution is -2.45. The van der Waals surface area contributed by atoms with Crippen LogP contribution < -0.4 is 5.73 Å². The molecule has 0 bridgehead atoms. The van der Waals surface area contributed by atoms with E-state index in [2.05, 4.69) is 18.7 Å². The molecule has 0 aromatic heterocycles. The van der Waals surface area contributed by atoms with Crippen molar-refractivity contribution >= 4 is 5.97 Å². The van der Waals surface area contributed by atoms with Gasteiger partial charge in [0.2, 0.25) is 0 Å². The van der Waals surface area contributed by atoms with Gasteiger partial charge in [-0.25, -0.2) is 0 Å². The molecule has 1 fully saturated rings. The van der Waals surface area contributed by atoms with Gasteiger partial charge >= 0.3 is 5.97 Å². The van der Waals surface area contributed by atoms with Gasteiger partial charge in [0, 0.05) is 6.54 Å². The fourth-order valence-corrected chi connectivity index (χ4v) is 2.90. The van der Waals surface area contributed by atoms with E-state index < -0.39 is 5.54 Å². The largest absolute Gasteiger partial charge is 0.468 e. The molecule has 1 heterocycles. The second-order valence-electron chi connectivity index (χ2n) is 6.91. The van der Waals surface area contributed by atoms with Crippen molar-refractivity contribution in [2.75, 3.05) is 26.7 Å². The number of unbranched alkanes of at least 4 members (excludes halogenated alkanes) is 1. The molecule has 4 heteroatoms. The fraction of sp³-hybridized carbons (Fsp3) is 0.933. The second-order valence-corrected chi connectivity index (χ2v) is 6.91. The van der Waals surface area contributed by atoms with Crippen LogP contribution in [0.3, 0.4) is 0 Å². The second kappa shape index (κ2) is 6.71. The summed E-state index contributed by atoms with van der Waals surface area (Å²) in [6.45, 7) is 9.94. The number of hydrogen-bond acceptors (Lipinski definition) is 4. The highest BCUT2D eigenvalue weighted by Gasteiger charge is 2.29. The Morgan fingerprint density at radius 3 is 2.68 bits per heavy atom. The molecule has 0 aliphatic carbocycles. The molecular weight excluding hydrogens is 240 g/mol. The molecule has 1 rings (SSSR count). The molecule has 1 aliphatic rings. The van der Waals surface area contributed by atoms with Crippen molar-refractivity contribution < 1.29 is 9.53 Å². The van der Waals surface area contributed by atoms with E-state index in [1.54, 1.807) is 6.92 Å². The average Bonchev–Trinajstić information content (AvgIpc) is 2.32. The number of carbonyl (C=O) groups excluding carboxylic acids is 1. The molecule has 1 saturated heterocycles. The summed E-state index contributed by atoms with van der Waals surface area (Å²) in [6.07, 6.45) is 5.38. The summed E-state index contributed by atoms with van der Waals surface area (Å²) < 4.78 is 4.71. The number of rotatable bonds is 6. The summed E-state index contributed by atoms with van der Waals surface area (Å²) in [5.41, 5.74) is 5.56. The van der Waals surface area contributed by atoms with Crippen LogP contribution in [-0.4, -0.2) is 43.2 Å². The van der Waals surface area contributed by atoms with Crippen molar-refractivity contribution in [1.82, 2.24) is 4.90 Å². The fourth-order valence-electron chi connectivity index (χ4n) is 2.90. The Morgan fingerprint density at radius 1 is 1.42 bits per heavy atom. The number of nitrogens with two attached hydrogens (primary N) is 1. The topological polar surface area (TPSA) is 55.6 Å². The molecule has 0 amide bonds. The van der Waals surface area contributed by atoms with Gasteiger partial charge in [-0.15, -0.1) is 0 Å². The Labute approximate surface area is 117 Å². The average molecular weight is 270 g/mol. The first-order chi connectivity index (χ1) is 8.77. The van der Waals surface area contributed by atoms with Crippen molar-refractivity contribution in [1.29, 1.82) is 0 Å². The molecule has 2 N–H and O–H groups in total. The zero-order valence-corrected chi connectivity index (χ0v) is 13.0. The molecule has 0 saturated carbocycles. The van der Waals surface area contributed by atoms with Gasteiger partial charge < -0.3 is 15.4 Å². The smallest absolute Gasteiger partial charge is 0.325 e. The summed E-state index contributed by atoms with van der Waals surface area (Å²) in [5, 5.41) is 0. The molecule has 0 aromatic rings. The predicted octanol–water partition coefficient (Wildman–Crippen LogP) is 2.17. The van der Waals surface area contributed by atoms with Crippen LogP contribution in [0.4, 0.5) is 0 Å². The summed E-state index contributed by atoms with van der Waals surface area (Å²) in [6, 6.07) is 0. The molecule has 19 heavy (non-hydrogen) atoms. The molecule has 1 unspecified atom stereocenters. The Kier molecular flexibility index (Phi) is 5.81. The highest BCUT2D eigenvalue weighted by atomic mass is 16.5. The minimum atomic E-state index is -0.837. The van der Waals surface area contributed by atoms with E-state index in [9.17, 15) is 4.79 Å². The van der Waals surface area contributed by atoms with Crippen LogP contribution in [-0.2, 0) is 9.53 Å². The first kappa shape index (κ1) is 16.4. The highest BCUT2D eigenvalue weighted by Crippen LogP contribution is 2.28. The third-order valence-electron chi connectivity index (χ3n) is 4.05. The van der Waals surface area contributed by atoms with Crippen molar-refractivity contribution in [3.8, 4) is 0 Å². The SMILES string of the molecule is COC(=O)C(C)(N)CCCCN1CCCC(C)(C)C1. The Morgan fingerprint density at radius 2 is 2.11 bits per heavy atom. The van der Waals surface area contributed by atoms with Gasteiger partial charge in [0.15, 0.2) is 0 Å². The monoisotopic (exact) mass is 270 g/mol. The van der Waals surface area contributed by atoms with Gasteiger partial charge in [-0.3, -0.25) is 4.79 Å². The van der Waals surface area contributed by atoms with Crippen LogP contribution >= 0.6 is 0 Å². The maximum absolute atomic E-state index is 11.5. The summed E-state index contributed by atoms with van der Waals surface area (Å²) in [5.74, 6) is -0.313. The summed E-state index contributed by atoms with van der Waals surface area (Å²) in [7, 11) is 1.39. The van der Waals surface area contributed by atoms with Crippen molar-refractivity contribution in [3.63, 3.8) is 0 Å². The minimum absolute atomic E-state index is 0.313. The van der Waals surface area contributed by atoms with Gasteiger partial charge in [-0.1, -0.05) is 13.8 Å². The zero-order chi connectivity index (χ0) is 14.5. The Bertz CT molecular complexity index is 301.